The molecule has 248 valence electrons. The second kappa shape index (κ2) is 19.8. The van der Waals surface area contributed by atoms with Crippen LogP contribution in [0, 0.1) is 5.92 Å². The van der Waals surface area contributed by atoms with Crippen molar-refractivity contribution in [1.29, 1.82) is 0 Å². The van der Waals surface area contributed by atoms with Gasteiger partial charge in [0.25, 0.3) is 0 Å². The fourth-order valence-electron chi connectivity index (χ4n) is 5.08. The van der Waals surface area contributed by atoms with Crippen LogP contribution < -0.4 is 10.6 Å². The van der Waals surface area contributed by atoms with Crippen molar-refractivity contribution >= 4 is 23.9 Å². The first-order valence-electron chi connectivity index (χ1n) is 15.5. The Kier molecular flexibility index (Phi) is 15.5. The molecule has 3 rings (SSSR count). The van der Waals surface area contributed by atoms with E-state index in [2.05, 4.69) is 23.8 Å². The number of rotatable bonds is 19. The molecule has 3 amide bonds. The number of hydrogen-bond acceptors (Lipinski definition) is 8. The van der Waals surface area contributed by atoms with Crippen molar-refractivity contribution in [3.63, 3.8) is 0 Å². The maximum Gasteiger partial charge on any atom is 0.408 e. The van der Waals surface area contributed by atoms with Gasteiger partial charge in [-0.05, 0) is 36.8 Å². The Morgan fingerprint density at radius 3 is 2.17 bits per heavy atom. The maximum atomic E-state index is 13.4. The molecule has 0 aliphatic carbocycles. The third kappa shape index (κ3) is 12.1. The molecule has 2 aromatic carbocycles. The number of allylic oxidation sites excluding steroid dienone is 1. The number of aliphatic hydroxyl groups is 1. The number of alkyl carbamates (subject to hydrolysis) is 1. The van der Waals surface area contributed by atoms with E-state index in [4.69, 9.17) is 14.2 Å². The monoisotopic (exact) mass is 635 g/mol. The second-order valence-electron chi connectivity index (χ2n) is 11.1. The molecular formula is C35H45N3O8. The van der Waals surface area contributed by atoms with Crippen molar-refractivity contribution in [2.45, 2.75) is 63.4 Å². The predicted molar refractivity (Wildman–Crippen MR) is 172 cm³/mol. The van der Waals surface area contributed by atoms with Gasteiger partial charge in [0.2, 0.25) is 11.8 Å². The van der Waals surface area contributed by atoms with Crippen LogP contribution in [0.15, 0.2) is 86.0 Å². The van der Waals surface area contributed by atoms with Crippen molar-refractivity contribution in [1.82, 2.24) is 15.5 Å². The molecule has 1 aliphatic heterocycles. The van der Waals surface area contributed by atoms with Crippen molar-refractivity contribution in [3.8, 4) is 0 Å². The molecule has 0 unspecified atom stereocenters. The summed E-state index contributed by atoms with van der Waals surface area (Å²) in [5, 5.41) is 15.0. The lowest BCUT2D eigenvalue weighted by Gasteiger charge is -2.26. The fourth-order valence-corrected chi connectivity index (χ4v) is 5.08. The maximum absolute atomic E-state index is 13.4. The van der Waals surface area contributed by atoms with Gasteiger partial charge in [-0.25, -0.2) is 9.59 Å². The highest BCUT2D eigenvalue weighted by Gasteiger charge is 2.32. The fraction of sp³-hybridized carbons (Fsp3) is 0.429. The minimum Gasteiger partial charge on any atom is -0.462 e. The lowest BCUT2D eigenvalue weighted by atomic mass is 9.98. The smallest absolute Gasteiger partial charge is 0.408 e. The summed E-state index contributed by atoms with van der Waals surface area (Å²) in [5.41, 5.74) is 1.72. The molecule has 11 heteroatoms. The number of nitrogens with zero attached hydrogens (tertiary/aromatic N) is 1. The molecule has 0 radical (unpaired) electrons. The molecule has 1 aliphatic rings. The highest BCUT2D eigenvalue weighted by molar-refractivity contribution is 5.86. The van der Waals surface area contributed by atoms with E-state index < -0.39 is 36.0 Å². The van der Waals surface area contributed by atoms with Crippen LogP contribution >= 0.6 is 0 Å². The quantitative estimate of drug-likeness (QED) is 0.157. The zero-order valence-electron chi connectivity index (χ0n) is 26.2. The van der Waals surface area contributed by atoms with E-state index in [9.17, 15) is 24.3 Å². The first-order valence-corrected chi connectivity index (χ1v) is 15.5. The molecule has 0 spiro atoms. The van der Waals surface area contributed by atoms with Crippen LogP contribution in [-0.2, 0) is 41.8 Å². The van der Waals surface area contributed by atoms with Crippen LogP contribution in [0.5, 0.6) is 0 Å². The normalized spacial score (nSPS) is 16.0. The lowest BCUT2D eigenvalue weighted by Crippen LogP contribution is -2.48. The zero-order valence-corrected chi connectivity index (χ0v) is 26.2. The molecule has 0 aromatic heterocycles. The summed E-state index contributed by atoms with van der Waals surface area (Å²) in [5.74, 6) is -2.07. The van der Waals surface area contributed by atoms with Gasteiger partial charge in [0.1, 0.15) is 19.3 Å². The van der Waals surface area contributed by atoms with E-state index in [0.717, 1.165) is 24.0 Å². The van der Waals surface area contributed by atoms with Crippen molar-refractivity contribution < 1.29 is 38.5 Å². The van der Waals surface area contributed by atoms with Crippen LogP contribution in [0.2, 0.25) is 0 Å². The molecule has 46 heavy (non-hydrogen) atoms. The van der Waals surface area contributed by atoms with Crippen molar-refractivity contribution in [3.05, 3.63) is 97.1 Å². The minimum atomic E-state index is -1.06. The Hall–Kier alpha value is -4.48. The molecule has 1 heterocycles. The first kappa shape index (κ1) is 36.0. The van der Waals surface area contributed by atoms with Gasteiger partial charge >= 0.3 is 12.1 Å². The number of ether oxygens (including phenoxy) is 3. The highest BCUT2D eigenvalue weighted by atomic mass is 16.6. The van der Waals surface area contributed by atoms with Crippen LogP contribution in [0.25, 0.3) is 0 Å². The Labute approximate surface area is 270 Å². The summed E-state index contributed by atoms with van der Waals surface area (Å²) in [6.07, 6.45) is 4.08. The number of esters is 1. The van der Waals surface area contributed by atoms with Crippen molar-refractivity contribution in [2.24, 2.45) is 5.92 Å². The van der Waals surface area contributed by atoms with E-state index in [1.54, 1.807) is 11.0 Å². The number of nitrogens with one attached hydrogen (secondary N) is 2. The second-order valence-corrected chi connectivity index (χ2v) is 11.1. The number of aliphatic hydroxyl groups excluding tert-OH is 1. The molecule has 2 aromatic rings. The number of likely N-dealkylation sites (tertiary alicyclic amines) is 1. The van der Waals surface area contributed by atoms with E-state index >= 15 is 0 Å². The number of carbonyl (C=O) groups is 4. The van der Waals surface area contributed by atoms with Gasteiger partial charge < -0.3 is 34.9 Å². The number of hydrogen-bond donors (Lipinski definition) is 3. The first-order chi connectivity index (χ1) is 22.3. The van der Waals surface area contributed by atoms with Crippen LogP contribution in [0.3, 0.4) is 0 Å². The Morgan fingerprint density at radius 1 is 0.891 bits per heavy atom. The average molecular weight is 636 g/mol. The molecule has 0 saturated carbocycles. The standard InChI is InChI=1S/C35H45N3O8/c1-3-12-28(20-32(40)38-19-11-18-30(38)21-39)33(41)36-29(24-44-22-26-14-7-5-8-15-26)25-45-34(42)31(13-4-2)37-35(43)46-23-27-16-9-6-10-17-27/h3-10,14-17,28-31,39H,1-2,11-13,18-25H2,(H,36,41)(H,37,43)/t28-,29-,30-,31+/m0/s1. The van der Waals surface area contributed by atoms with Crippen LogP contribution in [0.4, 0.5) is 4.79 Å². The van der Waals surface area contributed by atoms with E-state index in [1.165, 1.54) is 6.08 Å². The summed E-state index contributed by atoms with van der Waals surface area (Å²) < 4.78 is 16.6. The predicted octanol–water partition coefficient (Wildman–Crippen LogP) is 3.67. The van der Waals surface area contributed by atoms with Crippen molar-refractivity contribution in [2.75, 3.05) is 26.4 Å². The Morgan fingerprint density at radius 2 is 1.54 bits per heavy atom. The Balaban J connectivity index is 1.62. The number of carbonyl (C=O) groups excluding carboxylic acids is 4. The molecule has 4 atom stereocenters. The van der Waals surface area contributed by atoms with Gasteiger partial charge in [0.05, 0.1) is 37.8 Å². The SMILES string of the molecule is C=CC[C@@H](CC(=O)N1CCC[C@H]1CO)C(=O)N[C@@H](COCc1ccccc1)COC(=O)[C@@H](CC=C)NC(=O)OCc1ccccc1. The van der Waals surface area contributed by atoms with E-state index in [-0.39, 0.29) is 64.2 Å². The van der Waals surface area contributed by atoms with Gasteiger partial charge in [0, 0.05) is 13.0 Å². The van der Waals surface area contributed by atoms with Gasteiger partial charge in [0.15, 0.2) is 0 Å². The number of amides is 3. The van der Waals surface area contributed by atoms with Crippen LogP contribution in [-0.4, -0.2) is 78.4 Å². The summed E-state index contributed by atoms with van der Waals surface area (Å²) in [7, 11) is 0. The number of benzene rings is 2. The highest BCUT2D eigenvalue weighted by Crippen LogP contribution is 2.21. The minimum absolute atomic E-state index is 0.0139. The molecule has 0 bridgehead atoms. The Bertz CT molecular complexity index is 1270. The summed E-state index contributed by atoms with van der Waals surface area (Å²) in [6.45, 7) is 7.87. The molecule has 3 N–H and O–H groups in total. The van der Waals surface area contributed by atoms with Gasteiger partial charge in [-0.1, -0.05) is 72.8 Å². The summed E-state index contributed by atoms with van der Waals surface area (Å²) in [6, 6.07) is 16.5. The van der Waals surface area contributed by atoms with Crippen LogP contribution in [0.1, 0.15) is 43.2 Å². The van der Waals surface area contributed by atoms with Gasteiger partial charge in [-0.2, -0.15) is 0 Å². The third-order valence-electron chi connectivity index (χ3n) is 7.55. The molecule has 1 saturated heterocycles. The topological polar surface area (TPSA) is 144 Å². The molecule has 1 fully saturated rings. The molecule has 11 nitrogen and oxygen atoms in total. The van der Waals surface area contributed by atoms with Gasteiger partial charge in [-0.3, -0.25) is 9.59 Å². The zero-order chi connectivity index (χ0) is 33.1. The molecular weight excluding hydrogens is 590 g/mol. The average Bonchev–Trinajstić information content (AvgIpc) is 3.56. The van der Waals surface area contributed by atoms with E-state index in [1.807, 2.05) is 60.7 Å². The van der Waals surface area contributed by atoms with Gasteiger partial charge in [-0.15, -0.1) is 13.2 Å². The third-order valence-corrected chi connectivity index (χ3v) is 7.55. The van der Waals surface area contributed by atoms with E-state index in [0.29, 0.717) is 6.54 Å². The lowest BCUT2D eigenvalue weighted by molar-refractivity contribution is -0.148. The largest absolute Gasteiger partial charge is 0.462 e. The summed E-state index contributed by atoms with van der Waals surface area (Å²) in [4.78, 5) is 53.6. The summed E-state index contributed by atoms with van der Waals surface area (Å²) >= 11 is 0.